The summed E-state index contributed by atoms with van der Waals surface area (Å²) in [6.07, 6.45) is -0.283. The Morgan fingerprint density at radius 1 is 0.704 bits per heavy atom. The molecule has 0 saturated heterocycles. The van der Waals surface area contributed by atoms with E-state index in [0.29, 0.717) is 0 Å². The molecule has 0 aliphatic carbocycles. The van der Waals surface area contributed by atoms with Crippen LogP contribution in [0, 0.1) is 0 Å². The Bertz CT molecular complexity index is 779. The number of halogens is 2. The fourth-order valence-electron chi connectivity index (χ4n) is 3.78. The van der Waals surface area contributed by atoms with Crippen LogP contribution in [0.2, 0.25) is 0 Å². The molecular formula is C22H24Br2O3. The molecule has 27 heavy (non-hydrogen) atoms. The molecule has 5 heteroatoms. The van der Waals surface area contributed by atoms with Crippen molar-refractivity contribution >= 4 is 31.9 Å². The van der Waals surface area contributed by atoms with Gasteiger partial charge < -0.3 is 14.2 Å². The lowest BCUT2D eigenvalue weighted by Crippen LogP contribution is -2.49. The Kier molecular flexibility index (Phi) is 4.84. The molecular weight excluding hydrogens is 472 g/mol. The van der Waals surface area contributed by atoms with Crippen molar-refractivity contribution in [3.05, 3.63) is 59.7 Å². The monoisotopic (exact) mass is 494 g/mol. The lowest BCUT2D eigenvalue weighted by atomic mass is 9.88. The molecule has 0 radical (unpaired) electrons. The second-order valence-corrected chi connectivity index (χ2v) is 10.2. The third kappa shape index (κ3) is 3.32. The van der Waals surface area contributed by atoms with Crippen molar-refractivity contribution in [2.75, 3.05) is 0 Å². The van der Waals surface area contributed by atoms with Crippen molar-refractivity contribution in [1.29, 1.82) is 0 Å². The quantitative estimate of drug-likeness (QED) is 0.454. The number of benzene rings is 2. The van der Waals surface area contributed by atoms with Gasteiger partial charge in [-0.1, -0.05) is 68.3 Å². The summed E-state index contributed by atoms with van der Waals surface area (Å²) >= 11 is 7.73. The molecule has 4 atom stereocenters. The zero-order chi connectivity index (χ0) is 19.4. The molecule has 2 aliphatic heterocycles. The normalized spacial score (nSPS) is 30.4. The average molecular weight is 496 g/mol. The molecule has 0 bridgehead atoms. The second kappa shape index (κ2) is 6.78. The Morgan fingerprint density at radius 3 is 1.48 bits per heavy atom. The van der Waals surface area contributed by atoms with Crippen LogP contribution < -0.4 is 9.47 Å². The number of hydrogen-bond donors (Lipinski definition) is 0. The van der Waals surface area contributed by atoms with Crippen molar-refractivity contribution in [2.45, 2.75) is 60.8 Å². The van der Waals surface area contributed by atoms with E-state index < -0.39 is 0 Å². The van der Waals surface area contributed by atoms with E-state index in [1.54, 1.807) is 0 Å². The SMILES string of the molecule is CC1(C)Oc2ccccc2C(OC2c3ccccc3OC(C)(C)C2Br)C1Br. The number of para-hydroxylation sites is 2. The summed E-state index contributed by atoms with van der Waals surface area (Å²) in [6.45, 7) is 8.36. The molecule has 4 rings (SSSR count). The Hall–Kier alpha value is -1.04. The van der Waals surface area contributed by atoms with Crippen molar-refractivity contribution < 1.29 is 14.2 Å². The first kappa shape index (κ1) is 19.3. The van der Waals surface area contributed by atoms with Crippen molar-refractivity contribution in [1.82, 2.24) is 0 Å². The van der Waals surface area contributed by atoms with E-state index in [9.17, 15) is 0 Å². The number of ether oxygens (including phenoxy) is 3. The summed E-state index contributed by atoms with van der Waals surface area (Å²) in [6, 6.07) is 16.3. The predicted octanol–water partition coefficient (Wildman–Crippen LogP) is 6.35. The minimum Gasteiger partial charge on any atom is -0.486 e. The van der Waals surface area contributed by atoms with Crippen molar-refractivity contribution in [2.24, 2.45) is 0 Å². The zero-order valence-electron chi connectivity index (χ0n) is 15.9. The number of fused-ring (bicyclic) bond motifs is 2. The van der Waals surface area contributed by atoms with E-state index in [2.05, 4.69) is 71.7 Å². The lowest BCUT2D eigenvalue weighted by molar-refractivity contribution is -0.0887. The van der Waals surface area contributed by atoms with Gasteiger partial charge in [0.1, 0.15) is 34.9 Å². The van der Waals surface area contributed by atoms with Crippen LogP contribution in [-0.4, -0.2) is 20.9 Å². The molecule has 0 aromatic heterocycles. The first-order valence-electron chi connectivity index (χ1n) is 9.20. The molecule has 2 aliphatic rings. The van der Waals surface area contributed by atoms with Gasteiger partial charge in [0.2, 0.25) is 0 Å². The minimum atomic E-state index is -0.388. The lowest BCUT2D eigenvalue weighted by Gasteiger charge is -2.46. The van der Waals surface area contributed by atoms with Gasteiger partial charge >= 0.3 is 0 Å². The van der Waals surface area contributed by atoms with Gasteiger partial charge in [-0.15, -0.1) is 0 Å². The highest BCUT2D eigenvalue weighted by atomic mass is 79.9. The van der Waals surface area contributed by atoms with Crippen LogP contribution in [-0.2, 0) is 4.74 Å². The highest BCUT2D eigenvalue weighted by molar-refractivity contribution is 9.09. The van der Waals surface area contributed by atoms with E-state index in [0.717, 1.165) is 22.6 Å². The van der Waals surface area contributed by atoms with E-state index in [1.165, 1.54) is 0 Å². The van der Waals surface area contributed by atoms with Gasteiger partial charge in [-0.3, -0.25) is 0 Å². The summed E-state index contributed by atoms with van der Waals surface area (Å²) in [5.74, 6) is 1.77. The second-order valence-electron chi connectivity index (χ2n) is 8.27. The molecule has 4 unspecified atom stereocenters. The van der Waals surface area contributed by atoms with Gasteiger partial charge in [0.15, 0.2) is 0 Å². The summed E-state index contributed by atoms with van der Waals surface area (Å²) in [5, 5.41) is 0. The maximum Gasteiger partial charge on any atom is 0.126 e. The largest absolute Gasteiger partial charge is 0.486 e. The van der Waals surface area contributed by atoms with Crippen molar-refractivity contribution in [3.8, 4) is 11.5 Å². The summed E-state index contributed by atoms with van der Waals surface area (Å²) in [5.41, 5.74) is 1.36. The smallest absolute Gasteiger partial charge is 0.126 e. The van der Waals surface area contributed by atoms with E-state index >= 15 is 0 Å². The van der Waals surface area contributed by atoms with E-state index in [-0.39, 0.29) is 33.1 Å². The zero-order valence-corrected chi connectivity index (χ0v) is 19.1. The summed E-state index contributed by atoms with van der Waals surface area (Å²) in [4.78, 5) is 0.0236. The maximum atomic E-state index is 6.83. The first-order chi connectivity index (χ1) is 12.7. The molecule has 2 aromatic rings. The van der Waals surface area contributed by atoms with Gasteiger partial charge in [-0.2, -0.15) is 0 Å². The van der Waals surface area contributed by atoms with Crippen LogP contribution in [0.25, 0.3) is 0 Å². The highest BCUT2D eigenvalue weighted by Gasteiger charge is 2.48. The third-order valence-corrected chi connectivity index (χ3v) is 8.52. The third-order valence-electron chi connectivity index (χ3n) is 5.35. The average Bonchev–Trinajstić information content (AvgIpc) is 2.61. The molecule has 0 fully saturated rings. The van der Waals surface area contributed by atoms with Gasteiger partial charge in [0.05, 0.1) is 9.65 Å². The maximum absolute atomic E-state index is 6.83. The molecule has 3 nitrogen and oxygen atoms in total. The summed E-state index contributed by atoms with van der Waals surface area (Å²) in [7, 11) is 0. The molecule has 0 amide bonds. The van der Waals surface area contributed by atoms with Crippen LogP contribution in [0.1, 0.15) is 51.0 Å². The van der Waals surface area contributed by atoms with Crippen LogP contribution in [0.15, 0.2) is 48.5 Å². The number of rotatable bonds is 2. The Labute approximate surface area is 177 Å². The fraction of sp³-hybridized carbons (Fsp3) is 0.455. The molecule has 0 N–H and O–H groups in total. The molecule has 0 spiro atoms. The van der Waals surface area contributed by atoms with Crippen LogP contribution >= 0.6 is 31.9 Å². The molecule has 144 valence electrons. The van der Waals surface area contributed by atoms with Gasteiger partial charge in [0.25, 0.3) is 0 Å². The standard InChI is InChI=1S/C22H24Br2O3/c1-21(2)19(23)17(13-9-5-7-11-15(13)26-21)25-18-14-10-6-8-12-16(14)27-22(3,4)20(18)24/h5-12,17-20H,1-4H3. The summed E-state index contributed by atoms with van der Waals surface area (Å²) < 4.78 is 19.3. The fourth-order valence-corrected chi connectivity index (χ4v) is 4.79. The van der Waals surface area contributed by atoms with Crippen molar-refractivity contribution in [3.63, 3.8) is 0 Å². The minimum absolute atomic E-state index is 0.0118. The first-order valence-corrected chi connectivity index (χ1v) is 11.0. The van der Waals surface area contributed by atoms with Crippen LogP contribution in [0.3, 0.4) is 0 Å². The van der Waals surface area contributed by atoms with Gasteiger partial charge in [0, 0.05) is 11.1 Å². The number of alkyl halides is 2. The van der Waals surface area contributed by atoms with Gasteiger partial charge in [-0.25, -0.2) is 0 Å². The molecule has 2 aromatic carbocycles. The highest BCUT2D eigenvalue weighted by Crippen LogP contribution is 2.51. The Balaban J connectivity index is 1.76. The van der Waals surface area contributed by atoms with Crippen LogP contribution in [0.4, 0.5) is 0 Å². The van der Waals surface area contributed by atoms with Gasteiger partial charge in [-0.05, 0) is 39.8 Å². The molecule has 0 saturated carbocycles. The van der Waals surface area contributed by atoms with E-state index in [4.69, 9.17) is 14.2 Å². The topological polar surface area (TPSA) is 27.7 Å². The van der Waals surface area contributed by atoms with E-state index in [1.807, 2.05) is 36.4 Å². The Morgan fingerprint density at radius 2 is 1.07 bits per heavy atom. The van der Waals surface area contributed by atoms with Crippen LogP contribution in [0.5, 0.6) is 11.5 Å². The number of hydrogen-bond acceptors (Lipinski definition) is 3. The predicted molar refractivity (Wildman–Crippen MR) is 114 cm³/mol. The molecule has 2 heterocycles.